The summed E-state index contributed by atoms with van der Waals surface area (Å²) in [6.07, 6.45) is 13.9. The summed E-state index contributed by atoms with van der Waals surface area (Å²) in [6, 6.07) is 6.06. The van der Waals surface area contributed by atoms with Crippen LogP contribution in [0.2, 0.25) is 0 Å². The zero-order valence-corrected chi connectivity index (χ0v) is 16.5. The first-order valence-electron chi connectivity index (χ1n) is 10.4. The summed E-state index contributed by atoms with van der Waals surface area (Å²) in [5.41, 5.74) is 0.812. The molecule has 0 heterocycles. The minimum Gasteiger partial charge on any atom is -0.462 e. The van der Waals surface area contributed by atoms with E-state index in [0.29, 0.717) is 5.92 Å². The van der Waals surface area contributed by atoms with Crippen molar-refractivity contribution in [2.24, 2.45) is 11.8 Å². The van der Waals surface area contributed by atoms with E-state index in [-0.39, 0.29) is 23.9 Å². The number of nitrogens with zero attached hydrogens (tertiary/aromatic N) is 1. The number of hydrogen-bond acceptors (Lipinski definition) is 3. The van der Waals surface area contributed by atoms with Gasteiger partial charge in [-0.15, -0.1) is 0 Å². The number of rotatable bonds is 5. The van der Waals surface area contributed by atoms with Gasteiger partial charge in [0.05, 0.1) is 12.0 Å². The summed E-state index contributed by atoms with van der Waals surface area (Å²) >= 11 is 0. The normalized spacial score (nSPS) is 27.8. The van der Waals surface area contributed by atoms with E-state index in [1.165, 1.54) is 18.2 Å². The number of hydrogen-bond donors (Lipinski definition) is 0. The second-order valence-corrected chi connectivity index (χ2v) is 8.07. The molecule has 3 rings (SSSR count). The van der Waals surface area contributed by atoms with Crippen LogP contribution in [0.3, 0.4) is 0 Å². The molecule has 3 nitrogen and oxygen atoms in total. The number of ether oxygens (including phenoxy) is 1. The Morgan fingerprint density at radius 3 is 2.38 bits per heavy atom. The minimum absolute atomic E-state index is 0.00859. The van der Waals surface area contributed by atoms with Crippen molar-refractivity contribution in [2.45, 2.75) is 63.4 Å². The quantitative estimate of drug-likeness (QED) is 0.348. The molecule has 0 aliphatic heterocycles. The first kappa shape index (κ1) is 21.2. The molecule has 1 aromatic rings. The van der Waals surface area contributed by atoms with Gasteiger partial charge in [0.15, 0.2) is 11.6 Å². The van der Waals surface area contributed by atoms with Gasteiger partial charge in [-0.1, -0.05) is 24.3 Å². The highest BCUT2D eigenvalue weighted by Crippen LogP contribution is 2.37. The van der Waals surface area contributed by atoms with E-state index in [2.05, 4.69) is 6.08 Å². The number of carbonyl (C=O) groups excluding carboxylic acids is 1. The van der Waals surface area contributed by atoms with Gasteiger partial charge in [-0.3, -0.25) is 4.79 Å². The first-order chi connectivity index (χ1) is 14.1. The van der Waals surface area contributed by atoms with Crippen LogP contribution in [0.5, 0.6) is 0 Å². The lowest BCUT2D eigenvalue weighted by atomic mass is 9.78. The fourth-order valence-electron chi connectivity index (χ4n) is 4.41. The highest BCUT2D eigenvalue weighted by Gasteiger charge is 2.31. The number of nitriles is 1. The van der Waals surface area contributed by atoms with E-state index in [0.717, 1.165) is 56.9 Å². The van der Waals surface area contributed by atoms with Gasteiger partial charge < -0.3 is 4.74 Å². The Balaban J connectivity index is 1.41. The maximum atomic E-state index is 13.5. The summed E-state index contributed by atoms with van der Waals surface area (Å²) in [6.45, 7) is 0. The second kappa shape index (κ2) is 10.3. The van der Waals surface area contributed by atoms with Crippen molar-refractivity contribution < 1.29 is 18.3 Å². The Kier molecular flexibility index (Phi) is 7.57. The van der Waals surface area contributed by atoms with Crippen LogP contribution in [0.15, 0.2) is 42.5 Å². The molecule has 29 heavy (non-hydrogen) atoms. The van der Waals surface area contributed by atoms with Gasteiger partial charge in [0.1, 0.15) is 6.10 Å². The number of halogens is 2. The van der Waals surface area contributed by atoms with Crippen molar-refractivity contribution in [2.75, 3.05) is 0 Å². The Hall–Kier alpha value is -2.48. The number of allylic oxidation sites excluding steroid dienone is 4. The van der Waals surface area contributed by atoms with Gasteiger partial charge in [-0.05, 0) is 80.9 Å². The fourth-order valence-corrected chi connectivity index (χ4v) is 4.41. The van der Waals surface area contributed by atoms with Gasteiger partial charge in [-0.2, -0.15) is 5.26 Å². The van der Waals surface area contributed by atoms with Crippen LogP contribution in [0.1, 0.15) is 62.8 Å². The third kappa shape index (κ3) is 6.00. The lowest BCUT2D eigenvalue weighted by Crippen LogP contribution is -2.29. The van der Waals surface area contributed by atoms with Crippen molar-refractivity contribution >= 4 is 5.97 Å². The molecule has 0 spiro atoms. The number of esters is 1. The monoisotopic (exact) mass is 399 g/mol. The molecule has 2 saturated carbocycles. The molecule has 0 unspecified atom stereocenters. The van der Waals surface area contributed by atoms with Gasteiger partial charge in [0, 0.05) is 6.08 Å². The maximum Gasteiger partial charge on any atom is 0.309 e. The van der Waals surface area contributed by atoms with Crippen molar-refractivity contribution in [3.63, 3.8) is 0 Å². The zero-order chi connectivity index (χ0) is 20.6. The lowest BCUT2D eigenvalue weighted by Gasteiger charge is -2.31. The average Bonchev–Trinajstić information content (AvgIpc) is 2.74. The minimum atomic E-state index is -0.824. The van der Waals surface area contributed by atoms with Crippen LogP contribution in [0.4, 0.5) is 8.78 Å². The second-order valence-electron chi connectivity index (χ2n) is 8.07. The molecule has 2 aliphatic carbocycles. The fraction of sp³-hybridized carbons (Fsp3) is 0.500. The Morgan fingerprint density at radius 1 is 1.00 bits per heavy atom. The molecule has 154 valence electrons. The van der Waals surface area contributed by atoms with Crippen LogP contribution < -0.4 is 0 Å². The molecule has 1 aromatic carbocycles. The first-order valence-corrected chi connectivity index (χ1v) is 10.4. The van der Waals surface area contributed by atoms with E-state index >= 15 is 0 Å². The molecule has 0 atom stereocenters. The standard InChI is InChI=1S/C24H27F2NO2/c25-22-14-11-20(16-23(22)26)18-7-9-19(10-8-18)24(28)29-21-12-5-17(6-13-21)4-2-1-3-15-27/h1-4,11,14,16-19,21H,5-10,12-13H2/b3-1?,4-2+. The van der Waals surface area contributed by atoms with Crippen LogP contribution in [0.25, 0.3) is 0 Å². The molecule has 0 bridgehead atoms. The molecule has 0 aromatic heterocycles. The Labute approximate surface area is 171 Å². The number of benzene rings is 1. The van der Waals surface area contributed by atoms with Crippen LogP contribution in [-0.4, -0.2) is 12.1 Å². The highest BCUT2D eigenvalue weighted by molar-refractivity contribution is 5.72. The predicted octanol–water partition coefficient (Wildman–Crippen LogP) is 5.98. The van der Waals surface area contributed by atoms with Gasteiger partial charge in [0.25, 0.3) is 0 Å². The third-order valence-electron chi connectivity index (χ3n) is 6.14. The Bertz CT molecular complexity index is 796. The molecular weight excluding hydrogens is 372 g/mol. The van der Waals surface area contributed by atoms with E-state index in [1.807, 2.05) is 12.1 Å². The van der Waals surface area contributed by atoms with Crippen LogP contribution in [0, 0.1) is 34.8 Å². The Morgan fingerprint density at radius 2 is 1.72 bits per heavy atom. The SMILES string of the molecule is N#CC=C/C=C/C1CCC(OC(=O)C2CCC(c3ccc(F)c(F)c3)CC2)CC1. The van der Waals surface area contributed by atoms with Gasteiger partial charge in [0.2, 0.25) is 0 Å². The number of carbonyl (C=O) groups is 1. The molecule has 0 radical (unpaired) electrons. The average molecular weight is 399 g/mol. The van der Waals surface area contributed by atoms with E-state index in [1.54, 1.807) is 12.1 Å². The summed E-state index contributed by atoms with van der Waals surface area (Å²) < 4.78 is 32.3. The van der Waals surface area contributed by atoms with Crippen LogP contribution in [-0.2, 0) is 9.53 Å². The molecule has 0 amide bonds. The molecule has 2 fully saturated rings. The summed E-state index contributed by atoms with van der Waals surface area (Å²) in [4.78, 5) is 12.5. The molecule has 0 saturated heterocycles. The largest absolute Gasteiger partial charge is 0.462 e. The summed E-state index contributed by atoms with van der Waals surface area (Å²) in [7, 11) is 0. The van der Waals surface area contributed by atoms with Crippen molar-refractivity contribution in [1.82, 2.24) is 0 Å². The zero-order valence-electron chi connectivity index (χ0n) is 16.5. The molecule has 5 heteroatoms. The van der Waals surface area contributed by atoms with Crippen molar-refractivity contribution in [1.29, 1.82) is 5.26 Å². The third-order valence-corrected chi connectivity index (χ3v) is 6.14. The van der Waals surface area contributed by atoms with Crippen LogP contribution >= 0.6 is 0 Å². The smallest absolute Gasteiger partial charge is 0.309 e. The molecule has 2 aliphatic rings. The predicted molar refractivity (Wildman–Crippen MR) is 107 cm³/mol. The van der Waals surface area contributed by atoms with E-state index in [9.17, 15) is 13.6 Å². The van der Waals surface area contributed by atoms with Crippen molar-refractivity contribution in [3.8, 4) is 6.07 Å². The van der Waals surface area contributed by atoms with Gasteiger partial charge in [-0.25, -0.2) is 8.78 Å². The summed E-state index contributed by atoms with van der Waals surface area (Å²) in [5.74, 6) is -1.19. The lowest BCUT2D eigenvalue weighted by molar-refractivity contribution is -0.157. The topological polar surface area (TPSA) is 50.1 Å². The highest BCUT2D eigenvalue weighted by atomic mass is 19.2. The molecule has 0 N–H and O–H groups in total. The van der Waals surface area contributed by atoms with Gasteiger partial charge >= 0.3 is 5.97 Å². The van der Waals surface area contributed by atoms with E-state index in [4.69, 9.17) is 10.00 Å². The van der Waals surface area contributed by atoms with Crippen molar-refractivity contribution in [3.05, 3.63) is 59.7 Å². The maximum absolute atomic E-state index is 13.5. The van der Waals surface area contributed by atoms with E-state index < -0.39 is 11.6 Å². The summed E-state index contributed by atoms with van der Waals surface area (Å²) in [5, 5.41) is 8.47. The molecular formula is C24H27F2NO2.